The second-order valence-corrected chi connectivity index (χ2v) is 4.93. The van der Waals surface area contributed by atoms with E-state index in [1.54, 1.807) is 0 Å². The van der Waals surface area contributed by atoms with Crippen molar-refractivity contribution in [3.05, 3.63) is 35.9 Å². The summed E-state index contributed by atoms with van der Waals surface area (Å²) in [6.07, 6.45) is 1.42. The molecule has 1 aliphatic rings. The second kappa shape index (κ2) is 8.26. The Labute approximate surface area is 124 Å². The van der Waals surface area contributed by atoms with Crippen molar-refractivity contribution in [2.24, 2.45) is 0 Å². The van der Waals surface area contributed by atoms with Crippen LogP contribution in [-0.4, -0.2) is 37.7 Å². The molecule has 2 rings (SSSR count). The molecular weight excluding hydrogens is 270 g/mol. The van der Waals surface area contributed by atoms with Crippen LogP contribution in [-0.2, 0) is 16.1 Å². The summed E-state index contributed by atoms with van der Waals surface area (Å²) < 4.78 is 5.06. The summed E-state index contributed by atoms with van der Waals surface area (Å²) in [7, 11) is 0. The SMILES string of the molecule is O=C(NCCNC(=O)C1CCCN1)OCc1ccccc1. The van der Waals surface area contributed by atoms with Gasteiger partial charge in [-0.3, -0.25) is 4.79 Å². The Hall–Kier alpha value is -2.08. The van der Waals surface area contributed by atoms with E-state index in [-0.39, 0.29) is 18.6 Å². The molecule has 1 fully saturated rings. The predicted molar refractivity (Wildman–Crippen MR) is 78.7 cm³/mol. The van der Waals surface area contributed by atoms with Crippen LogP contribution in [0.5, 0.6) is 0 Å². The molecule has 3 N–H and O–H groups in total. The number of ether oxygens (including phenoxy) is 1. The Balaban J connectivity index is 1.54. The standard InChI is InChI=1S/C15H21N3O3/c19-14(13-7-4-8-16-13)17-9-10-18-15(20)21-11-12-5-2-1-3-6-12/h1-3,5-6,13,16H,4,7-11H2,(H,17,19)(H,18,20). The number of hydrogen-bond acceptors (Lipinski definition) is 4. The largest absolute Gasteiger partial charge is 0.445 e. The summed E-state index contributed by atoms with van der Waals surface area (Å²) >= 11 is 0. The van der Waals surface area contributed by atoms with Crippen molar-refractivity contribution < 1.29 is 14.3 Å². The van der Waals surface area contributed by atoms with Gasteiger partial charge >= 0.3 is 6.09 Å². The first-order chi connectivity index (χ1) is 10.3. The van der Waals surface area contributed by atoms with E-state index in [1.807, 2.05) is 30.3 Å². The smallest absolute Gasteiger partial charge is 0.407 e. The van der Waals surface area contributed by atoms with Gasteiger partial charge in [0, 0.05) is 13.1 Å². The average Bonchev–Trinajstić information content (AvgIpc) is 3.05. The Morgan fingerprint density at radius 3 is 2.67 bits per heavy atom. The zero-order valence-electron chi connectivity index (χ0n) is 11.9. The highest BCUT2D eigenvalue weighted by molar-refractivity contribution is 5.82. The highest BCUT2D eigenvalue weighted by Gasteiger charge is 2.21. The third-order valence-electron chi connectivity index (χ3n) is 3.28. The molecule has 6 nitrogen and oxygen atoms in total. The molecule has 21 heavy (non-hydrogen) atoms. The maximum Gasteiger partial charge on any atom is 0.407 e. The number of benzene rings is 1. The Bertz CT molecular complexity index is 458. The van der Waals surface area contributed by atoms with E-state index in [1.165, 1.54) is 0 Å². The molecular formula is C15H21N3O3. The van der Waals surface area contributed by atoms with Gasteiger partial charge in [0.15, 0.2) is 0 Å². The van der Waals surface area contributed by atoms with Crippen molar-refractivity contribution in [2.45, 2.75) is 25.5 Å². The van der Waals surface area contributed by atoms with Crippen LogP contribution in [0.25, 0.3) is 0 Å². The number of alkyl carbamates (subject to hydrolysis) is 1. The molecule has 1 aliphatic heterocycles. The van der Waals surface area contributed by atoms with Gasteiger partial charge in [-0.1, -0.05) is 30.3 Å². The first kappa shape index (κ1) is 15.3. The summed E-state index contributed by atoms with van der Waals surface area (Å²) in [5.74, 6) is -0.00745. The lowest BCUT2D eigenvalue weighted by Gasteiger charge is -2.11. The van der Waals surface area contributed by atoms with E-state index < -0.39 is 6.09 Å². The highest BCUT2D eigenvalue weighted by atomic mass is 16.5. The minimum atomic E-state index is -0.480. The molecule has 0 aliphatic carbocycles. The lowest BCUT2D eigenvalue weighted by molar-refractivity contribution is -0.122. The van der Waals surface area contributed by atoms with Gasteiger partial charge in [-0.15, -0.1) is 0 Å². The van der Waals surface area contributed by atoms with E-state index >= 15 is 0 Å². The molecule has 0 aromatic heterocycles. The van der Waals surface area contributed by atoms with Crippen LogP contribution in [0.15, 0.2) is 30.3 Å². The van der Waals surface area contributed by atoms with Crippen molar-refractivity contribution >= 4 is 12.0 Å². The van der Waals surface area contributed by atoms with Crippen molar-refractivity contribution in [1.29, 1.82) is 0 Å². The van der Waals surface area contributed by atoms with E-state index in [0.717, 1.165) is 24.9 Å². The lowest BCUT2D eigenvalue weighted by Crippen LogP contribution is -2.43. The average molecular weight is 291 g/mol. The Morgan fingerprint density at radius 2 is 1.95 bits per heavy atom. The van der Waals surface area contributed by atoms with Crippen LogP contribution in [0.2, 0.25) is 0 Å². The van der Waals surface area contributed by atoms with Gasteiger partial charge in [-0.2, -0.15) is 0 Å². The molecule has 1 aromatic rings. The number of hydrogen-bond donors (Lipinski definition) is 3. The number of rotatable bonds is 6. The van der Waals surface area contributed by atoms with Crippen LogP contribution < -0.4 is 16.0 Å². The number of amides is 2. The number of carbonyl (C=O) groups excluding carboxylic acids is 2. The molecule has 1 aromatic carbocycles. The quantitative estimate of drug-likeness (QED) is 0.677. The summed E-state index contributed by atoms with van der Waals surface area (Å²) in [6.45, 7) is 1.89. The first-order valence-electron chi connectivity index (χ1n) is 7.21. The molecule has 6 heteroatoms. The van der Waals surface area contributed by atoms with Gasteiger partial charge in [-0.25, -0.2) is 4.79 Å². The molecule has 2 amide bonds. The highest BCUT2D eigenvalue weighted by Crippen LogP contribution is 2.04. The van der Waals surface area contributed by atoms with E-state index in [2.05, 4.69) is 16.0 Å². The van der Waals surface area contributed by atoms with Gasteiger partial charge < -0.3 is 20.7 Å². The van der Waals surface area contributed by atoms with Gasteiger partial charge in [0.25, 0.3) is 0 Å². The van der Waals surface area contributed by atoms with Gasteiger partial charge in [-0.05, 0) is 24.9 Å². The summed E-state index contributed by atoms with van der Waals surface area (Å²) in [5.41, 5.74) is 0.938. The minimum Gasteiger partial charge on any atom is -0.445 e. The van der Waals surface area contributed by atoms with E-state index in [9.17, 15) is 9.59 Å². The first-order valence-corrected chi connectivity index (χ1v) is 7.21. The summed E-state index contributed by atoms with van der Waals surface area (Å²) in [4.78, 5) is 23.1. The minimum absolute atomic E-state index is 0.00745. The van der Waals surface area contributed by atoms with Crippen LogP contribution in [0.4, 0.5) is 4.79 Å². The second-order valence-electron chi connectivity index (χ2n) is 4.93. The zero-order valence-corrected chi connectivity index (χ0v) is 11.9. The van der Waals surface area contributed by atoms with E-state index in [4.69, 9.17) is 4.74 Å². The Morgan fingerprint density at radius 1 is 1.19 bits per heavy atom. The van der Waals surface area contributed by atoms with E-state index in [0.29, 0.717) is 13.1 Å². The summed E-state index contributed by atoms with van der Waals surface area (Å²) in [5, 5.41) is 8.51. The predicted octanol–water partition coefficient (Wildman–Crippen LogP) is 0.781. The van der Waals surface area contributed by atoms with Gasteiger partial charge in [0.1, 0.15) is 6.61 Å². The zero-order chi connectivity index (χ0) is 14.9. The molecule has 114 valence electrons. The third kappa shape index (κ3) is 5.43. The maximum atomic E-state index is 11.7. The molecule has 1 unspecified atom stereocenters. The molecule has 1 atom stereocenters. The topological polar surface area (TPSA) is 79.5 Å². The van der Waals surface area contributed by atoms with Crippen LogP contribution >= 0.6 is 0 Å². The maximum absolute atomic E-state index is 11.7. The fourth-order valence-electron chi connectivity index (χ4n) is 2.16. The van der Waals surface area contributed by atoms with Crippen LogP contribution in [0, 0.1) is 0 Å². The number of nitrogens with one attached hydrogen (secondary N) is 3. The monoisotopic (exact) mass is 291 g/mol. The molecule has 0 bridgehead atoms. The molecule has 1 saturated heterocycles. The van der Waals surface area contributed by atoms with Gasteiger partial charge in [0.05, 0.1) is 6.04 Å². The van der Waals surface area contributed by atoms with Gasteiger partial charge in [0.2, 0.25) is 5.91 Å². The van der Waals surface area contributed by atoms with Crippen LogP contribution in [0.1, 0.15) is 18.4 Å². The fraction of sp³-hybridized carbons (Fsp3) is 0.467. The summed E-state index contributed by atoms with van der Waals surface area (Å²) in [6, 6.07) is 9.39. The lowest BCUT2D eigenvalue weighted by atomic mass is 10.2. The van der Waals surface area contributed by atoms with Crippen LogP contribution in [0.3, 0.4) is 0 Å². The normalized spacial score (nSPS) is 17.2. The third-order valence-corrected chi connectivity index (χ3v) is 3.28. The van der Waals surface area contributed by atoms with Crippen molar-refractivity contribution in [3.8, 4) is 0 Å². The molecule has 0 radical (unpaired) electrons. The molecule has 0 spiro atoms. The molecule has 0 saturated carbocycles. The molecule has 1 heterocycles. The Kier molecular flexibility index (Phi) is 6.02. The van der Waals surface area contributed by atoms with Crippen molar-refractivity contribution in [3.63, 3.8) is 0 Å². The fourth-order valence-corrected chi connectivity index (χ4v) is 2.16. The van der Waals surface area contributed by atoms with Crippen molar-refractivity contribution in [2.75, 3.05) is 19.6 Å². The number of carbonyl (C=O) groups is 2. The van der Waals surface area contributed by atoms with Crippen molar-refractivity contribution in [1.82, 2.24) is 16.0 Å².